The molecule has 0 heterocycles. The number of benzene rings is 1. The maximum Gasteiger partial charge on any atom is 0.311 e. The maximum atomic E-state index is 10.9. The van der Waals surface area contributed by atoms with Gasteiger partial charge in [-0.3, -0.25) is 10.1 Å². The molecule has 106 valence electrons. The Bertz CT molecular complexity index is 452. The summed E-state index contributed by atoms with van der Waals surface area (Å²) in [6.45, 7) is 7.60. The quantitative estimate of drug-likeness (QED) is 0.632. The minimum atomic E-state index is -0.478. The van der Waals surface area contributed by atoms with Crippen molar-refractivity contribution < 1.29 is 14.4 Å². The van der Waals surface area contributed by atoms with E-state index in [4.69, 9.17) is 15.2 Å². The van der Waals surface area contributed by atoms with Crippen LogP contribution in [0, 0.1) is 10.1 Å². The summed E-state index contributed by atoms with van der Waals surface area (Å²) in [4.78, 5) is 10.4. The lowest BCUT2D eigenvalue weighted by Crippen LogP contribution is -2.38. The summed E-state index contributed by atoms with van der Waals surface area (Å²) in [7, 11) is 0. The number of nitrogens with zero attached hydrogens (tertiary/aromatic N) is 1. The van der Waals surface area contributed by atoms with Crippen molar-refractivity contribution in [2.75, 3.05) is 6.61 Å². The lowest BCUT2D eigenvalue weighted by Gasteiger charge is -2.19. The van der Waals surface area contributed by atoms with Crippen LogP contribution in [0.25, 0.3) is 0 Å². The van der Waals surface area contributed by atoms with Crippen LogP contribution >= 0.6 is 0 Å². The van der Waals surface area contributed by atoms with Gasteiger partial charge in [0.15, 0.2) is 0 Å². The van der Waals surface area contributed by atoms with Crippen LogP contribution in [0.5, 0.6) is 11.5 Å². The number of nitro groups is 1. The molecule has 0 fully saturated rings. The van der Waals surface area contributed by atoms with E-state index < -0.39 is 10.5 Å². The number of ether oxygens (including phenoxy) is 2. The van der Waals surface area contributed by atoms with Crippen molar-refractivity contribution in [3.63, 3.8) is 0 Å². The zero-order valence-electron chi connectivity index (χ0n) is 11.7. The lowest BCUT2D eigenvalue weighted by molar-refractivity contribution is -0.386. The highest BCUT2D eigenvalue weighted by Crippen LogP contribution is 2.32. The molecule has 0 spiro atoms. The topological polar surface area (TPSA) is 87.6 Å². The molecule has 1 rings (SSSR count). The minimum absolute atomic E-state index is 0.0759. The van der Waals surface area contributed by atoms with Gasteiger partial charge in [-0.1, -0.05) is 0 Å². The van der Waals surface area contributed by atoms with E-state index in [0.717, 1.165) is 0 Å². The molecule has 0 saturated heterocycles. The van der Waals surface area contributed by atoms with E-state index in [-0.39, 0.29) is 17.5 Å². The van der Waals surface area contributed by atoms with E-state index in [1.165, 1.54) is 18.2 Å². The van der Waals surface area contributed by atoms with Crippen molar-refractivity contribution in [3.8, 4) is 11.5 Å². The largest absolute Gasteiger partial charge is 0.492 e. The predicted molar refractivity (Wildman–Crippen MR) is 72.6 cm³/mol. The zero-order valence-corrected chi connectivity index (χ0v) is 11.7. The van der Waals surface area contributed by atoms with Gasteiger partial charge in [-0.15, -0.1) is 0 Å². The van der Waals surface area contributed by atoms with Gasteiger partial charge in [0, 0.05) is 17.7 Å². The fraction of sp³-hybridized carbons (Fsp3) is 0.538. The highest BCUT2D eigenvalue weighted by molar-refractivity contribution is 5.50. The van der Waals surface area contributed by atoms with Crippen molar-refractivity contribution in [1.29, 1.82) is 0 Å². The lowest BCUT2D eigenvalue weighted by atomic mass is 10.1. The van der Waals surface area contributed by atoms with Gasteiger partial charge in [-0.25, -0.2) is 0 Å². The molecule has 0 bridgehead atoms. The first-order valence-electron chi connectivity index (χ1n) is 6.06. The van der Waals surface area contributed by atoms with Crippen LogP contribution in [-0.4, -0.2) is 23.2 Å². The summed E-state index contributed by atoms with van der Waals surface area (Å²) in [5, 5.41) is 10.9. The van der Waals surface area contributed by atoms with E-state index in [1.54, 1.807) is 13.8 Å². The molecule has 2 N–H and O–H groups in total. The fourth-order valence-corrected chi connectivity index (χ4v) is 1.35. The first-order valence-corrected chi connectivity index (χ1v) is 6.06. The standard InChI is InChI=1S/C13H20N2O4/c1-9(2)19-12-7-10(18-8-13(3,4)14)5-6-11(12)15(16)17/h5-7,9H,8,14H2,1-4H3. The first kappa shape index (κ1) is 15.2. The van der Waals surface area contributed by atoms with Crippen LogP contribution in [-0.2, 0) is 0 Å². The summed E-state index contributed by atoms with van der Waals surface area (Å²) in [5.74, 6) is 0.701. The molecule has 0 atom stereocenters. The molecular formula is C13H20N2O4. The molecule has 0 aromatic heterocycles. The van der Waals surface area contributed by atoms with Gasteiger partial charge < -0.3 is 15.2 Å². The Balaban J connectivity index is 2.94. The molecule has 0 unspecified atom stereocenters. The maximum absolute atomic E-state index is 10.9. The molecule has 0 aliphatic carbocycles. The average Bonchev–Trinajstić information content (AvgIpc) is 2.24. The Morgan fingerprint density at radius 2 is 2.05 bits per heavy atom. The normalized spacial score (nSPS) is 11.5. The molecule has 0 aliphatic rings. The van der Waals surface area contributed by atoms with E-state index in [9.17, 15) is 10.1 Å². The SMILES string of the molecule is CC(C)Oc1cc(OCC(C)(C)N)ccc1[N+](=O)[O-]. The third kappa shape index (κ3) is 5.13. The van der Waals surface area contributed by atoms with Crippen molar-refractivity contribution in [2.45, 2.75) is 39.3 Å². The van der Waals surface area contributed by atoms with Crippen molar-refractivity contribution in [1.82, 2.24) is 0 Å². The molecule has 1 aromatic rings. The van der Waals surface area contributed by atoms with Crippen molar-refractivity contribution >= 4 is 5.69 Å². The van der Waals surface area contributed by atoms with Gasteiger partial charge in [0.2, 0.25) is 5.75 Å². The molecule has 0 amide bonds. The second-order valence-electron chi connectivity index (χ2n) is 5.33. The van der Waals surface area contributed by atoms with Crippen LogP contribution in [0.2, 0.25) is 0 Å². The Labute approximate surface area is 112 Å². The molecule has 0 saturated carbocycles. The summed E-state index contributed by atoms with van der Waals surface area (Å²) in [6.07, 6.45) is -0.153. The first-order chi connectivity index (χ1) is 8.69. The van der Waals surface area contributed by atoms with Gasteiger partial charge in [0.25, 0.3) is 0 Å². The monoisotopic (exact) mass is 268 g/mol. The van der Waals surface area contributed by atoms with Crippen molar-refractivity contribution in [2.24, 2.45) is 5.73 Å². The molecule has 0 radical (unpaired) electrons. The number of nitrogens with two attached hydrogens (primary N) is 1. The van der Waals surface area contributed by atoms with Crippen molar-refractivity contribution in [3.05, 3.63) is 28.3 Å². The molecule has 6 heteroatoms. The van der Waals surface area contributed by atoms with E-state index in [1.807, 2.05) is 13.8 Å². The summed E-state index contributed by atoms with van der Waals surface area (Å²) >= 11 is 0. The molecule has 19 heavy (non-hydrogen) atoms. The third-order valence-electron chi connectivity index (χ3n) is 2.10. The highest BCUT2D eigenvalue weighted by atomic mass is 16.6. The van der Waals surface area contributed by atoms with Crippen LogP contribution in [0.1, 0.15) is 27.7 Å². The third-order valence-corrected chi connectivity index (χ3v) is 2.10. The van der Waals surface area contributed by atoms with Crippen LogP contribution in [0.4, 0.5) is 5.69 Å². The van der Waals surface area contributed by atoms with Gasteiger partial charge in [-0.2, -0.15) is 0 Å². The average molecular weight is 268 g/mol. The Morgan fingerprint density at radius 1 is 1.42 bits per heavy atom. The van der Waals surface area contributed by atoms with E-state index in [0.29, 0.717) is 12.4 Å². The number of rotatable bonds is 6. The molecular weight excluding hydrogens is 248 g/mol. The Hall–Kier alpha value is -1.82. The van der Waals surface area contributed by atoms with Gasteiger partial charge in [0.1, 0.15) is 12.4 Å². The van der Waals surface area contributed by atoms with Crippen LogP contribution in [0.15, 0.2) is 18.2 Å². The summed E-state index contributed by atoms with van der Waals surface area (Å²) in [6, 6.07) is 4.43. The van der Waals surface area contributed by atoms with E-state index >= 15 is 0 Å². The highest BCUT2D eigenvalue weighted by Gasteiger charge is 2.18. The van der Waals surface area contributed by atoms with Crippen LogP contribution in [0.3, 0.4) is 0 Å². The minimum Gasteiger partial charge on any atom is -0.492 e. The number of hydrogen-bond acceptors (Lipinski definition) is 5. The van der Waals surface area contributed by atoms with Gasteiger partial charge in [-0.05, 0) is 33.8 Å². The fourth-order valence-electron chi connectivity index (χ4n) is 1.35. The van der Waals surface area contributed by atoms with E-state index in [2.05, 4.69) is 0 Å². The van der Waals surface area contributed by atoms with Gasteiger partial charge >= 0.3 is 5.69 Å². The second kappa shape index (κ2) is 5.88. The number of nitro benzene ring substituents is 1. The Kier molecular flexibility index (Phi) is 4.72. The zero-order chi connectivity index (χ0) is 14.6. The predicted octanol–water partition coefficient (Wildman–Crippen LogP) is 2.50. The summed E-state index contributed by atoms with van der Waals surface area (Å²) in [5.41, 5.74) is 5.27. The molecule has 6 nitrogen and oxygen atoms in total. The smallest absolute Gasteiger partial charge is 0.311 e. The molecule has 0 aliphatic heterocycles. The van der Waals surface area contributed by atoms with Crippen LogP contribution < -0.4 is 15.2 Å². The van der Waals surface area contributed by atoms with Gasteiger partial charge in [0.05, 0.1) is 11.0 Å². The number of hydrogen-bond donors (Lipinski definition) is 1. The molecule has 1 aromatic carbocycles. The Morgan fingerprint density at radius 3 is 2.53 bits per heavy atom. The second-order valence-corrected chi connectivity index (χ2v) is 5.33. The summed E-state index contributed by atoms with van der Waals surface area (Å²) < 4.78 is 10.9.